The standard InChI is InChI=1S/C13H16ClN5O/c1-4-5-18-13(20)12(14)11(7-16-18)17-10-6-15-19(8-10)9(2)3/h4,6-9,17H,1,5H2,2-3H3. The van der Waals surface area contributed by atoms with Crippen molar-refractivity contribution < 1.29 is 0 Å². The summed E-state index contributed by atoms with van der Waals surface area (Å²) < 4.78 is 3.06. The van der Waals surface area contributed by atoms with E-state index in [1.165, 1.54) is 10.9 Å². The Morgan fingerprint density at radius 1 is 1.45 bits per heavy atom. The second-order valence-electron chi connectivity index (χ2n) is 4.58. The van der Waals surface area contributed by atoms with Crippen molar-refractivity contribution in [3.05, 3.63) is 46.6 Å². The number of hydrogen-bond acceptors (Lipinski definition) is 4. The van der Waals surface area contributed by atoms with Gasteiger partial charge in [-0.25, -0.2) is 4.68 Å². The number of aromatic nitrogens is 4. The first kappa shape index (κ1) is 14.3. The van der Waals surface area contributed by atoms with Crippen molar-refractivity contribution in [2.75, 3.05) is 5.32 Å². The molecule has 106 valence electrons. The van der Waals surface area contributed by atoms with Gasteiger partial charge in [0.15, 0.2) is 0 Å². The molecule has 2 aromatic rings. The average molecular weight is 294 g/mol. The third-order valence-corrected chi connectivity index (χ3v) is 3.06. The number of hydrogen-bond donors (Lipinski definition) is 1. The summed E-state index contributed by atoms with van der Waals surface area (Å²) in [4.78, 5) is 11.9. The number of anilines is 2. The van der Waals surface area contributed by atoms with Crippen LogP contribution >= 0.6 is 11.6 Å². The van der Waals surface area contributed by atoms with Crippen molar-refractivity contribution in [3.8, 4) is 0 Å². The lowest BCUT2D eigenvalue weighted by atomic mass is 10.4. The Bertz CT molecular complexity index is 674. The van der Waals surface area contributed by atoms with Crippen LogP contribution in [-0.2, 0) is 6.54 Å². The Hall–Kier alpha value is -2.08. The lowest BCUT2D eigenvalue weighted by Crippen LogP contribution is -2.23. The molecule has 2 heterocycles. The van der Waals surface area contributed by atoms with Crippen LogP contribution < -0.4 is 10.9 Å². The molecule has 0 aliphatic heterocycles. The second kappa shape index (κ2) is 5.92. The van der Waals surface area contributed by atoms with Gasteiger partial charge in [0.05, 0.1) is 30.3 Å². The topological polar surface area (TPSA) is 64.7 Å². The van der Waals surface area contributed by atoms with Gasteiger partial charge in [0.25, 0.3) is 5.56 Å². The number of halogens is 1. The van der Waals surface area contributed by atoms with Crippen LogP contribution in [0.2, 0.25) is 5.02 Å². The first-order valence-corrected chi connectivity index (χ1v) is 6.58. The van der Waals surface area contributed by atoms with E-state index in [0.717, 1.165) is 5.69 Å². The molecule has 0 aliphatic rings. The summed E-state index contributed by atoms with van der Waals surface area (Å²) in [7, 11) is 0. The minimum Gasteiger partial charge on any atom is -0.350 e. The predicted octanol–water partition coefficient (Wildman–Crippen LogP) is 2.60. The molecule has 6 nitrogen and oxygen atoms in total. The van der Waals surface area contributed by atoms with Crippen LogP contribution in [-0.4, -0.2) is 19.6 Å². The smallest absolute Gasteiger partial charge is 0.287 e. The normalized spacial score (nSPS) is 10.8. The Labute approximate surface area is 121 Å². The minimum absolute atomic E-state index is 0.0964. The lowest BCUT2D eigenvalue weighted by Gasteiger charge is -2.08. The Morgan fingerprint density at radius 2 is 2.20 bits per heavy atom. The third-order valence-electron chi connectivity index (χ3n) is 2.70. The van der Waals surface area contributed by atoms with Crippen molar-refractivity contribution in [2.24, 2.45) is 0 Å². The fourth-order valence-electron chi connectivity index (χ4n) is 1.65. The van der Waals surface area contributed by atoms with Crippen molar-refractivity contribution in [2.45, 2.75) is 26.4 Å². The first-order chi connectivity index (χ1) is 9.52. The summed E-state index contributed by atoms with van der Waals surface area (Å²) in [5.74, 6) is 0. The highest BCUT2D eigenvalue weighted by Crippen LogP contribution is 2.21. The zero-order chi connectivity index (χ0) is 14.7. The molecule has 0 spiro atoms. The summed E-state index contributed by atoms with van der Waals surface area (Å²) in [6, 6.07) is 0.264. The zero-order valence-electron chi connectivity index (χ0n) is 11.4. The molecule has 0 saturated carbocycles. The van der Waals surface area contributed by atoms with E-state index in [1.807, 2.05) is 24.7 Å². The summed E-state index contributed by atoms with van der Waals surface area (Å²) >= 11 is 6.06. The minimum atomic E-state index is -0.354. The summed E-state index contributed by atoms with van der Waals surface area (Å²) in [6.45, 7) is 7.95. The molecule has 2 aromatic heterocycles. The van der Waals surface area contributed by atoms with Crippen LogP contribution in [0.3, 0.4) is 0 Å². The van der Waals surface area contributed by atoms with Gasteiger partial charge in [-0.05, 0) is 13.8 Å². The average Bonchev–Trinajstić information content (AvgIpc) is 2.87. The SMILES string of the molecule is C=CCn1ncc(Nc2cnn(C(C)C)c2)c(Cl)c1=O. The first-order valence-electron chi connectivity index (χ1n) is 6.20. The van der Waals surface area contributed by atoms with E-state index in [0.29, 0.717) is 12.2 Å². The van der Waals surface area contributed by atoms with Crippen LogP contribution in [0.1, 0.15) is 19.9 Å². The fourth-order valence-corrected chi connectivity index (χ4v) is 1.84. The van der Waals surface area contributed by atoms with E-state index < -0.39 is 0 Å². The molecular formula is C13H16ClN5O. The summed E-state index contributed by atoms with van der Waals surface area (Å²) in [6.07, 6.45) is 6.62. The number of nitrogens with zero attached hydrogens (tertiary/aromatic N) is 4. The maximum absolute atomic E-state index is 11.9. The van der Waals surface area contributed by atoms with Gasteiger partial charge in [0.2, 0.25) is 0 Å². The summed E-state index contributed by atoms with van der Waals surface area (Å²) in [5, 5.41) is 11.4. The van der Waals surface area contributed by atoms with Crippen LogP contribution in [0.25, 0.3) is 0 Å². The highest BCUT2D eigenvalue weighted by molar-refractivity contribution is 6.33. The van der Waals surface area contributed by atoms with Crippen LogP contribution in [0, 0.1) is 0 Å². The van der Waals surface area contributed by atoms with E-state index >= 15 is 0 Å². The molecule has 0 aliphatic carbocycles. The molecule has 20 heavy (non-hydrogen) atoms. The molecular weight excluding hydrogens is 278 g/mol. The van der Waals surface area contributed by atoms with Crippen molar-refractivity contribution in [1.29, 1.82) is 0 Å². The molecule has 1 N–H and O–H groups in total. The Kier molecular flexibility index (Phi) is 4.24. The molecule has 0 atom stereocenters. The van der Waals surface area contributed by atoms with Gasteiger partial charge >= 0.3 is 0 Å². The van der Waals surface area contributed by atoms with E-state index in [1.54, 1.807) is 12.3 Å². The van der Waals surface area contributed by atoms with Gasteiger partial charge in [-0.15, -0.1) is 6.58 Å². The molecule has 7 heteroatoms. The van der Waals surface area contributed by atoms with Gasteiger partial charge in [-0.1, -0.05) is 17.7 Å². The predicted molar refractivity (Wildman–Crippen MR) is 79.6 cm³/mol. The van der Waals surface area contributed by atoms with Gasteiger partial charge < -0.3 is 5.32 Å². The molecule has 0 saturated heterocycles. The monoisotopic (exact) mass is 293 g/mol. The second-order valence-corrected chi connectivity index (χ2v) is 4.95. The van der Waals surface area contributed by atoms with E-state index in [2.05, 4.69) is 22.1 Å². The molecule has 0 radical (unpaired) electrons. The van der Waals surface area contributed by atoms with Crippen LogP contribution in [0.15, 0.2) is 36.0 Å². The Morgan fingerprint density at radius 3 is 2.80 bits per heavy atom. The zero-order valence-corrected chi connectivity index (χ0v) is 12.1. The largest absolute Gasteiger partial charge is 0.350 e. The highest BCUT2D eigenvalue weighted by Gasteiger charge is 2.10. The number of nitrogens with one attached hydrogen (secondary N) is 1. The van der Waals surface area contributed by atoms with E-state index in [4.69, 9.17) is 11.6 Å². The van der Waals surface area contributed by atoms with Gasteiger partial charge in [-0.3, -0.25) is 9.48 Å². The number of allylic oxidation sites excluding steroid dienone is 1. The highest BCUT2D eigenvalue weighted by atomic mass is 35.5. The molecule has 0 fully saturated rings. The fraction of sp³-hybridized carbons (Fsp3) is 0.308. The molecule has 0 aromatic carbocycles. The Balaban J connectivity index is 2.27. The van der Waals surface area contributed by atoms with Gasteiger partial charge in [0.1, 0.15) is 5.02 Å². The molecule has 0 amide bonds. The van der Waals surface area contributed by atoms with Crippen molar-refractivity contribution in [1.82, 2.24) is 19.6 Å². The van der Waals surface area contributed by atoms with E-state index in [9.17, 15) is 4.79 Å². The van der Waals surface area contributed by atoms with Gasteiger partial charge in [-0.2, -0.15) is 10.2 Å². The van der Waals surface area contributed by atoms with Crippen molar-refractivity contribution >= 4 is 23.0 Å². The van der Waals surface area contributed by atoms with Crippen molar-refractivity contribution in [3.63, 3.8) is 0 Å². The molecule has 0 unspecified atom stereocenters. The molecule has 2 rings (SSSR count). The van der Waals surface area contributed by atoms with Gasteiger partial charge in [0, 0.05) is 12.2 Å². The van der Waals surface area contributed by atoms with E-state index in [-0.39, 0.29) is 16.6 Å². The van der Waals surface area contributed by atoms with Crippen LogP contribution in [0.5, 0.6) is 0 Å². The maximum atomic E-state index is 11.9. The molecule has 0 bridgehead atoms. The number of rotatable bonds is 5. The maximum Gasteiger partial charge on any atom is 0.287 e. The quantitative estimate of drug-likeness (QED) is 0.861. The summed E-state index contributed by atoms with van der Waals surface area (Å²) in [5.41, 5.74) is 0.858. The third kappa shape index (κ3) is 2.91. The lowest BCUT2D eigenvalue weighted by molar-refractivity contribution is 0.532. The van der Waals surface area contributed by atoms with Crippen LogP contribution in [0.4, 0.5) is 11.4 Å².